The van der Waals surface area contributed by atoms with Crippen LogP contribution in [0.2, 0.25) is 5.02 Å². The molecule has 0 unspecified atom stereocenters. The van der Waals surface area contributed by atoms with Gasteiger partial charge >= 0.3 is 0 Å². The van der Waals surface area contributed by atoms with Crippen molar-refractivity contribution in [2.24, 2.45) is 10.8 Å². The summed E-state index contributed by atoms with van der Waals surface area (Å²) < 4.78 is 12.3. The highest BCUT2D eigenvalue weighted by atomic mass is 35.5. The van der Waals surface area contributed by atoms with Gasteiger partial charge in [-0.2, -0.15) is 0 Å². The van der Waals surface area contributed by atoms with Crippen molar-refractivity contribution in [3.05, 3.63) is 93.3 Å². The molecule has 228 valence electrons. The minimum absolute atomic E-state index is 0.129. The average molecular weight is 602 g/mol. The van der Waals surface area contributed by atoms with Crippen molar-refractivity contribution in [1.82, 2.24) is 4.90 Å². The van der Waals surface area contributed by atoms with Crippen molar-refractivity contribution in [3.63, 3.8) is 0 Å². The molecule has 1 aliphatic heterocycles. The van der Waals surface area contributed by atoms with Crippen LogP contribution < -0.4 is 9.47 Å². The SMILES string of the molecule is C=CCc1cc(C2C3=C(CC(C)(C)CC3=O)N(CCC)C3=C2C(=O)CC(C)(C)C3)cc(OC)c1OCc1ccccc1Cl. The topological polar surface area (TPSA) is 55.8 Å². The molecule has 0 spiro atoms. The lowest BCUT2D eigenvalue weighted by Crippen LogP contribution is -2.44. The van der Waals surface area contributed by atoms with Gasteiger partial charge in [-0.3, -0.25) is 9.59 Å². The number of carbonyl (C=O) groups excluding carboxylic acids is 2. The number of halogens is 1. The maximum Gasteiger partial charge on any atom is 0.165 e. The summed E-state index contributed by atoms with van der Waals surface area (Å²) in [5.41, 5.74) is 6.06. The Bertz CT molecular complexity index is 1480. The molecule has 0 atom stereocenters. The number of ether oxygens (including phenoxy) is 2. The van der Waals surface area contributed by atoms with Crippen LogP contribution in [0.25, 0.3) is 0 Å². The van der Waals surface area contributed by atoms with Crippen molar-refractivity contribution < 1.29 is 19.1 Å². The number of ketones is 2. The van der Waals surface area contributed by atoms with Crippen molar-refractivity contribution in [2.45, 2.75) is 85.7 Å². The number of Topliss-reactive ketones (excluding diaryl/α,β-unsaturated/α-hetero) is 2. The smallest absolute Gasteiger partial charge is 0.165 e. The molecule has 2 aromatic rings. The summed E-state index contributed by atoms with van der Waals surface area (Å²) >= 11 is 6.42. The van der Waals surface area contributed by atoms with E-state index in [1.165, 1.54) is 0 Å². The molecule has 0 amide bonds. The molecule has 0 aromatic heterocycles. The Balaban J connectivity index is 1.70. The number of benzene rings is 2. The van der Waals surface area contributed by atoms with Crippen LogP contribution in [0.5, 0.6) is 11.5 Å². The van der Waals surface area contributed by atoms with Gasteiger partial charge in [-0.15, -0.1) is 6.58 Å². The fraction of sp³-hybridized carbons (Fsp3) is 0.459. The zero-order valence-corrected chi connectivity index (χ0v) is 27.2. The summed E-state index contributed by atoms with van der Waals surface area (Å²) in [7, 11) is 1.63. The highest BCUT2D eigenvalue weighted by Crippen LogP contribution is 2.55. The Morgan fingerprint density at radius 3 is 2.09 bits per heavy atom. The zero-order chi connectivity index (χ0) is 31.1. The molecular formula is C37H44ClNO4. The summed E-state index contributed by atoms with van der Waals surface area (Å²) in [5.74, 6) is 0.994. The Hall–Kier alpha value is -3.31. The highest BCUT2D eigenvalue weighted by Gasteiger charge is 2.49. The zero-order valence-electron chi connectivity index (χ0n) is 26.4. The lowest BCUT2D eigenvalue weighted by molar-refractivity contribution is -0.119. The molecule has 2 aromatic carbocycles. The van der Waals surface area contributed by atoms with E-state index in [2.05, 4.69) is 52.2 Å². The predicted octanol–water partition coefficient (Wildman–Crippen LogP) is 8.75. The van der Waals surface area contributed by atoms with E-state index in [4.69, 9.17) is 21.1 Å². The number of carbonyl (C=O) groups is 2. The van der Waals surface area contributed by atoms with Gasteiger partial charge in [-0.1, -0.05) is 76.6 Å². The molecule has 0 fully saturated rings. The molecule has 5 rings (SSSR count). The fourth-order valence-corrected chi connectivity index (χ4v) is 7.30. The third kappa shape index (κ3) is 6.06. The van der Waals surface area contributed by atoms with E-state index in [1.807, 2.05) is 36.4 Å². The first-order valence-electron chi connectivity index (χ1n) is 15.4. The van der Waals surface area contributed by atoms with Gasteiger partial charge in [-0.25, -0.2) is 0 Å². The second-order valence-corrected chi connectivity index (χ2v) is 14.2. The Morgan fingerprint density at radius 2 is 1.56 bits per heavy atom. The third-order valence-corrected chi connectivity index (χ3v) is 9.24. The Labute approximate surface area is 261 Å². The molecule has 0 N–H and O–H groups in total. The number of hydrogen-bond donors (Lipinski definition) is 0. The first kappa shape index (κ1) is 31.1. The second kappa shape index (κ2) is 12.0. The van der Waals surface area contributed by atoms with E-state index < -0.39 is 5.92 Å². The van der Waals surface area contributed by atoms with Gasteiger partial charge in [0, 0.05) is 64.0 Å². The molecule has 5 nitrogen and oxygen atoms in total. The normalized spacial score (nSPS) is 19.7. The molecule has 0 radical (unpaired) electrons. The molecule has 2 aliphatic carbocycles. The van der Waals surface area contributed by atoms with E-state index in [-0.39, 0.29) is 29.0 Å². The second-order valence-electron chi connectivity index (χ2n) is 13.8. The maximum absolute atomic E-state index is 14.1. The van der Waals surface area contributed by atoms with Crippen LogP contribution in [0.15, 0.2) is 71.6 Å². The Morgan fingerprint density at radius 1 is 0.953 bits per heavy atom. The van der Waals surface area contributed by atoms with Gasteiger partial charge in [-0.05, 0) is 54.2 Å². The van der Waals surface area contributed by atoms with E-state index in [0.717, 1.165) is 65.0 Å². The van der Waals surface area contributed by atoms with Crippen molar-refractivity contribution >= 4 is 23.2 Å². The summed E-state index contributed by atoms with van der Waals surface area (Å²) in [6.07, 6.45) is 5.81. The molecule has 3 aliphatic rings. The van der Waals surface area contributed by atoms with Crippen LogP contribution in [0, 0.1) is 10.8 Å². The predicted molar refractivity (Wildman–Crippen MR) is 173 cm³/mol. The molecular weight excluding hydrogens is 558 g/mol. The van der Waals surface area contributed by atoms with Gasteiger partial charge < -0.3 is 14.4 Å². The molecule has 0 saturated heterocycles. The maximum atomic E-state index is 14.1. The van der Waals surface area contributed by atoms with Crippen LogP contribution in [0.4, 0.5) is 0 Å². The van der Waals surface area contributed by atoms with E-state index in [9.17, 15) is 9.59 Å². The molecule has 0 saturated carbocycles. The summed E-state index contributed by atoms with van der Waals surface area (Å²) in [6.45, 7) is 15.9. The Kier molecular flexibility index (Phi) is 8.68. The summed E-state index contributed by atoms with van der Waals surface area (Å²) in [5, 5.41) is 0.638. The van der Waals surface area contributed by atoms with Crippen LogP contribution in [0.3, 0.4) is 0 Å². The van der Waals surface area contributed by atoms with Crippen molar-refractivity contribution in [3.8, 4) is 11.5 Å². The quantitative estimate of drug-likeness (QED) is 0.269. The summed E-state index contributed by atoms with van der Waals surface area (Å²) in [4.78, 5) is 30.5. The van der Waals surface area contributed by atoms with Crippen molar-refractivity contribution in [2.75, 3.05) is 13.7 Å². The average Bonchev–Trinajstić information content (AvgIpc) is 2.92. The van der Waals surface area contributed by atoms with Gasteiger partial charge in [0.15, 0.2) is 23.1 Å². The number of methoxy groups -OCH3 is 1. The molecule has 6 heteroatoms. The van der Waals surface area contributed by atoms with E-state index >= 15 is 0 Å². The largest absolute Gasteiger partial charge is 0.493 e. The number of allylic oxidation sites excluding steroid dienone is 5. The van der Waals surface area contributed by atoms with Crippen LogP contribution in [-0.2, 0) is 22.6 Å². The lowest BCUT2D eigenvalue weighted by atomic mass is 9.63. The van der Waals surface area contributed by atoms with Crippen LogP contribution >= 0.6 is 11.6 Å². The van der Waals surface area contributed by atoms with Gasteiger partial charge in [0.05, 0.1) is 7.11 Å². The number of nitrogens with zero attached hydrogens (tertiary/aromatic N) is 1. The first-order chi connectivity index (χ1) is 20.4. The van der Waals surface area contributed by atoms with E-state index in [0.29, 0.717) is 35.8 Å². The minimum atomic E-state index is -0.444. The van der Waals surface area contributed by atoms with Gasteiger partial charge in [0.2, 0.25) is 0 Å². The first-order valence-corrected chi connectivity index (χ1v) is 15.8. The molecule has 1 heterocycles. The minimum Gasteiger partial charge on any atom is -0.493 e. The van der Waals surface area contributed by atoms with Gasteiger partial charge in [0.25, 0.3) is 0 Å². The molecule has 43 heavy (non-hydrogen) atoms. The lowest BCUT2D eigenvalue weighted by Gasteiger charge is -2.49. The standard InChI is InChI=1S/C37H44ClNO4/c1-8-12-23-16-25(17-31(42-7)35(23)43-22-24-13-10-11-14-26(24)38)32-33-27(18-36(3,4)20-29(33)40)39(15-9-2)28-19-37(5,6)21-30(41)34(28)32/h8,10-11,13-14,16-17,32H,1,9,12,15,18-22H2,2-7H3. The summed E-state index contributed by atoms with van der Waals surface area (Å²) in [6, 6.07) is 11.7. The monoisotopic (exact) mass is 601 g/mol. The van der Waals surface area contributed by atoms with E-state index in [1.54, 1.807) is 7.11 Å². The fourth-order valence-electron chi connectivity index (χ4n) is 7.11. The molecule has 0 bridgehead atoms. The number of hydrogen-bond acceptors (Lipinski definition) is 5. The highest BCUT2D eigenvalue weighted by molar-refractivity contribution is 6.31. The van der Waals surface area contributed by atoms with Crippen LogP contribution in [0.1, 0.15) is 89.3 Å². The van der Waals surface area contributed by atoms with Gasteiger partial charge in [0.1, 0.15) is 6.61 Å². The third-order valence-electron chi connectivity index (χ3n) is 8.87. The van der Waals surface area contributed by atoms with Crippen LogP contribution in [-0.4, -0.2) is 30.1 Å². The van der Waals surface area contributed by atoms with Crippen molar-refractivity contribution in [1.29, 1.82) is 0 Å². The number of rotatable bonds is 9.